The number of carbonyl (C=O) groups is 1. The first-order chi connectivity index (χ1) is 8.43. The Bertz CT molecular complexity index is 417. The first-order valence-corrected chi connectivity index (χ1v) is 8.50. The molecular weight excluding hydrogens is 571 g/mol. The molecule has 0 saturated heterocycles. The van der Waals surface area contributed by atoms with Crippen LogP contribution in [0.3, 0.4) is 0 Å². The molecule has 4 nitrogen and oxygen atoms in total. The number of amides is 1. The van der Waals surface area contributed by atoms with Gasteiger partial charge in [-0.15, -0.1) is 0 Å². The molecule has 1 aromatic rings. The summed E-state index contributed by atoms with van der Waals surface area (Å²) in [5, 5.41) is 2.96. The normalized spacial score (nSPS) is 10.8. The van der Waals surface area contributed by atoms with Crippen LogP contribution in [0.15, 0.2) is 12.1 Å². The summed E-state index contributed by atoms with van der Waals surface area (Å²) in [6, 6.07) is 4.09. The average molecular weight is 585 g/mol. The van der Waals surface area contributed by atoms with Crippen LogP contribution in [-0.2, 0) is 4.79 Å². The molecule has 0 atom stereocenters. The lowest BCUT2D eigenvalue weighted by Crippen LogP contribution is -2.33. The molecule has 0 saturated carbocycles. The van der Waals surface area contributed by atoms with E-state index >= 15 is 0 Å². The molecule has 0 radical (unpaired) electrons. The number of nitrogens with one attached hydrogen (secondary N) is 1. The van der Waals surface area contributed by atoms with Gasteiger partial charge in [0.1, 0.15) is 0 Å². The Morgan fingerprint density at radius 3 is 2.39 bits per heavy atom. The molecule has 1 amide bonds. The van der Waals surface area contributed by atoms with Crippen LogP contribution in [0.25, 0.3) is 0 Å². The van der Waals surface area contributed by atoms with Crippen LogP contribution in [-0.4, -0.2) is 37.5 Å². The highest BCUT2D eigenvalue weighted by Gasteiger charge is 2.11. The van der Waals surface area contributed by atoms with Gasteiger partial charge in [0.05, 0.1) is 12.2 Å². The number of nitrogens with zero attached hydrogens (tertiary/aromatic N) is 1. The van der Waals surface area contributed by atoms with Crippen molar-refractivity contribution in [2.75, 3.05) is 32.0 Å². The van der Waals surface area contributed by atoms with Gasteiger partial charge in [-0.2, -0.15) is 0 Å². The standard InChI is InChI=1S/C11H14I3N3O/c1-17(3-2-15)6-10(18)16-11-8(13)4-7(12)5-9(11)14/h4-5H,2-3,6,15H2,1H3,(H,16,18). The Balaban J connectivity index is 2.70. The van der Waals surface area contributed by atoms with E-state index in [2.05, 4.69) is 73.1 Å². The van der Waals surface area contributed by atoms with Gasteiger partial charge in [0.25, 0.3) is 0 Å². The number of hydrogen-bond acceptors (Lipinski definition) is 3. The van der Waals surface area contributed by atoms with Crippen LogP contribution < -0.4 is 11.1 Å². The van der Waals surface area contributed by atoms with Crippen LogP contribution in [0.4, 0.5) is 5.69 Å². The molecule has 0 aromatic heterocycles. The summed E-state index contributed by atoms with van der Waals surface area (Å²) in [7, 11) is 1.89. The minimum atomic E-state index is -0.0111. The van der Waals surface area contributed by atoms with E-state index in [4.69, 9.17) is 5.73 Å². The Morgan fingerprint density at radius 1 is 1.33 bits per heavy atom. The van der Waals surface area contributed by atoms with Gasteiger partial charge in [0.15, 0.2) is 0 Å². The van der Waals surface area contributed by atoms with Crippen molar-refractivity contribution < 1.29 is 4.79 Å². The summed E-state index contributed by atoms with van der Waals surface area (Å²) in [5.74, 6) is -0.0111. The lowest BCUT2D eigenvalue weighted by atomic mass is 10.3. The van der Waals surface area contributed by atoms with E-state index in [1.54, 1.807) is 0 Å². The Morgan fingerprint density at radius 2 is 1.89 bits per heavy atom. The third-order valence-electron chi connectivity index (χ3n) is 2.20. The molecule has 0 heterocycles. The second-order valence-electron chi connectivity index (χ2n) is 3.82. The summed E-state index contributed by atoms with van der Waals surface area (Å²) >= 11 is 6.74. The zero-order valence-electron chi connectivity index (χ0n) is 9.84. The molecule has 1 rings (SSSR count). The molecule has 18 heavy (non-hydrogen) atoms. The molecular formula is C11H14I3N3O. The van der Waals surface area contributed by atoms with Gasteiger partial charge in [0.2, 0.25) is 5.91 Å². The molecule has 7 heteroatoms. The monoisotopic (exact) mass is 585 g/mol. The number of hydrogen-bond donors (Lipinski definition) is 2. The molecule has 1 aromatic carbocycles. The first kappa shape index (κ1) is 16.9. The highest BCUT2D eigenvalue weighted by Crippen LogP contribution is 2.27. The number of rotatable bonds is 5. The van der Waals surface area contributed by atoms with Gasteiger partial charge < -0.3 is 11.1 Å². The fourth-order valence-electron chi connectivity index (χ4n) is 1.39. The third-order valence-corrected chi connectivity index (χ3v) is 4.52. The van der Waals surface area contributed by atoms with Gasteiger partial charge >= 0.3 is 0 Å². The lowest BCUT2D eigenvalue weighted by Gasteiger charge is -2.16. The molecule has 0 bridgehead atoms. The number of nitrogens with two attached hydrogens (primary N) is 1. The Kier molecular flexibility index (Phi) is 7.65. The van der Waals surface area contributed by atoms with E-state index in [-0.39, 0.29) is 5.91 Å². The predicted octanol–water partition coefficient (Wildman–Crippen LogP) is 2.33. The van der Waals surface area contributed by atoms with Crippen LogP contribution in [0.1, 0.15) is 0 Å². The topological polar surface area (TPSA) is 58.4 Å². The maximum Gasteiger partial charge on any atom is 0.238 e. The zero-order valence-corrected chi connectivity index (χ0v) is 16.3. The number of anilines is 1. The quantitative estimate of drug-likeness (QED) is 0.523. The van der Waals surface area contributed by atoms with Crippen molar-refractivity contribution in [3.05, 3.63) is 22.8 Å². The largest absolute Gasteiger partial charge is 0.329 e. The van der Waals surface area contributed by atoms with E-state index in [1.807, 2.05) is 24.1 Å². The van der Waals surface area contributed by atoms with Gasteiger partial charge in [-0.3, -0.25) is 9.69 Å². The summed E-state index contributed by atoms with van der Waals surface area (Å²) in [6.07, 6.45) is 0. The van der Waals surface area contributed by atoms with E-state index in [9.17, 15) is 4.79 Å². The number of halogens is 3. The maximum absolute atomic E-state index is 11.9. The van der Waals surface area contributed by atoms with E-state index in [0.717, 1.165) is 12.8 Å². The molecule has 3 N–H and O–H groups in total. The average Bonchev–Trinajstić information content (AvgIpc) is 2.23. The van der Waals surface area contributed by atoms with E-state index < -0.39 is 0 Å². The van der Waals surface area contributed by atoms with Crippen molar-refractivity contribution in [2.45, 2.75) is 0 Å². The van der Waals surface area contributed by atoms with Gasteiger partial charge in [-0.25, -0.2) is 0 Å². The van der Waals surface area contributed by atoms with Gasteiger partial charge in [-0.05, 0) is 87.0 Å². The summed E-state index contributed by atoms with van der Waals surface area (Å²) in [4.78, 5) is 13.8. The minimum Gasteiger partial charge on any atom is -0.329 e. The Hall–Kier alpha value is 0.800. The van der Waals surface area contributed by atoms with Crippen molar-refractivity contribution >= 4 is 79.4 Å². The zero-order chi connectivity index (χ0) is 13.7. The third kappa shape index (κ3) is 5.43. The lowest BCUT2D eigenvalue weighted by molar-refractivity contribution is -0.117. The van der Waals surface area contributed by atoms with Gasteiger partial charge in [0, 0.05) is 23.8 Å². The van der Waals surface area contributed by atoms with E-state index in [1.165, 1.54) is 3.57 Å². The maximum atomic E-state index is 11.9. The molecule has 0 aliphatic carbocycles. The van der Waals surface area contributed by atoms with Crippen molar-refractivity contribution in [1.29, 1.82) is 0 Å². The second kappa shape index (κ2) is 8.17. The first-order valence-electron chi connectivity index (χ1n) is 5.27. The minimum absolute atomic E-state index is 0.0111. The number of benzene rings is 1. The second-order valence-corrected chi connectivity index (χ2v) is 7.39. The van der Waals surface area contributed by atoms with Crippen LogP contribution in [0.2, 0.25) is 0 Å². The smallest absolute Gasteiger partial charge is 0.238 e. The SMILES string of the molecule is CN(CCN)CC(=O)Nc1c(I)cc(I)cc1I. The number of likely N-dealkylation sites (N-methyl/N-ethyl adjacent to an activating group) is 1. The molecule has 0 spiro atoms. The molecule has 100 valence electrons. The highest BCUT2D eigenvalue weighted by molar-refractivity contribution is 14.1. The van der Waals surface area contributed by atoms with Crippen molar-refractivity contribution in [3.63, 3.8) is 0 Å². The number of carbonyl (C=O) groups excluding carboxylic acids is 1. The summed E-state index contributed by atoms with van der Waals surface area (Å²) < 4.78 is 3.28. The molecule has 0 fully saturated rings. The fraction of sp³-hybridized carbons (Fsp3) is 0.364. The Labute approximate surface area is 148 Å². The van der Waals surface area contributed by atoms with Gasteiger partial charge in [-0.1, -0.05) is 0 Å². The van der Waals surface area contributed by atoms with Crippen molar-refractivity contribution in [3.8, 4) is 0 Å². The van der Waals surface area contributed by atoms with Crippen LogP contribution in [0, 0.1) is 10.7 Å². The summed E-state index contributed by atoms with van der Waals surface area (Å²) in [5.41, 5.74) is 6.34. The highest BCUT2D eigenvalue weighted by atomic mass is 127. The van der Waals surface area contributed by atoms with Crippen molar-refractivity contribution in [2.24, 2.45) is 5.73 Å². The van der Waals surface area contributed by atoms with E-state index in [0.29, 0.717) is 19.6 Å². The van der Waals surface area contributed by atoms with Crippen LogP contribution in [0.5, 0.6) is 0 Å². The summed E-state index contributed by atoms with van der Waals surface area (Å²) in [6.45, 7) is 1.63. The van der Waals surface area contributed by atoms with Crippen molar-refractivity contribution in [1.82, 2.24) is 4.90 Å². The molecule has 0 unspecified atom stereocenters. The predicted molar refractivity (Wildman–Crippen MR) is 99.8 cm³/mol. The molecule has 0 aliphatic rings. The fourth-order valence-corrected chi connectivity index (χ4v) is 5.24. The van der Waals surface area contributed by atoms with Crippen LogP contribution >= 0.6 is 67.8 Å². The molecule has 0 aliphatic heterocycles.